The lowest BCUT2D eigenvalue weighted by molar-refractivity contribution is -0.140. The Kier molecular flexibility index (Phi) is 5.49. The minimum Gasteiger partial charge on any atom is -0.507 e. The number of furan rings is 1. The molecule has 0 bridgehead atoms. The van der Waals surface area contributed by atoms with E-state index in [1.807, 2.05) is 13.8 Å². The molecule has 0 spiro atoms. The minimum atomic E-state index is -0.893. The molecule has 2 aromatic carbocycles. The van der Waals surface area contributed by atoms with Crippen LogP contribution in [0.1, 0.15) is 36.8 Å². The van der Waals surface area contributed by atoms with Gasteiger partial charge in [-0.2, -0.15) is 0 Å². The summed E-state index contributed by atoms with van der Waals surface area (Å²) in [5.41, 5.74) is 1.08. The van der Waals surface area contributed by atoms with Crippen LogP contribution in [0.15, 0.2) is 70.9 Å². The van der Waals surface area contributed by atoms with Crippen molar-refractivity contribution in [2.45, 2.75) is 32.5 Å². The molecule has 5 rings (SSSR count). The molecule has 1 fully saturated rings. The third kappa shape index (κ3) is 3.87. The first kappa shape index (κ1) is 21.6. The van der Waals surface area contributed by atoms with Gasteiger partial charge in [0.05, 0.1) is 17.9 Å². The number of hydrogen-bond donors (Lipinski definition) is 1. The highest BCUT2D eigenvalue weighted by molar-refractivity contribution is 6.46. The fourth-order valence-corrected chi connectivity index (χ4v) is 4.17. The van der Waals surface area contributed by atoms with E-state index in [1.165, 1.54) is 11.2 Å². The lowest BCUT2D eigenvalue weighted by atomic mass is 9.99. The van der Waals surface area contributed by atoms with E-state index in [4.69, 9.17) is 18.6 Å². The van der Waals surface area contributed by atoms with Gasteiger partial charge in [0, 0.05) is 12.1 Å². The molecule has 2 aliphatic heterocycles. The van der Waals surface area contributed by atoms with E-state index < -0.39 is 17.7 Å². The van der Waals surface area contributed by atoms with Gasteiger partial charge in [-0.1, -0.05) is 18.2 Å². The summed E-state index contributed by atoms with van der Waals surface area (Å²) in [7, 11) is 0. The number of aliphatic hydroxyl groups excluding tert-OH is 1. The molecular weight excluding hydrogens is 438 g/mol. The summed E-state index contributed by atoms with van der Waals surface area (Å²) < 4.78 is 22.1. The van der Waals surface area contributed by atoms with Crippen LogP contribution >= 0.6 is 0 Å². The van der Waals surface area contributed by atoms with Crippen LogP contribution in [0.4, 0.5) is 0 Å². The minimum absolute atomic E-state index is 0.0395. The number of hydrogen-bond acceptors (Lipinski definition) is 7. The van der Waals surface area contributed by atoms with Crippen LogP contribution in [0.3, 0.4) is 0 Å². The van der Waals surface area contributed by atoms with Gasteiger partial charge in [0.2, 0.25) is 6.79 Å². The maximum atomic E-state index is 13.1. The van der Waals surface area contributed by atoms with Crippen molar-refractivity contribution in [1.82, 2.24) is 4.90 Å². The molecular formula is C26H23NO7. The number of amides is 1. The van der Waals surface area contributed by atoms with Crippen LogP contribution in [0, 0.1) is 0 Å². The molecule has 2 aliphatic rings. The Labute approximate surface area is 196 Å². The molecule has 8 heteroatoms. The molecule has 0 saturated carbocycles. The molecule has 0 aliphatic carbocycles. The quantitative estimate of drug-likeness (QED) is 0.330. The third-order valence-electron chi connectivity index (χ3n) is 5.62. The van der Waals surface area contributed by atoms with Gasteiger partial charge in [0.25, 0.3) is 11.7 Å². The predicted octanol–water partition coefficient (Wildman–Crippen LogP) is 4.42. The molecule has 1 amide bonds. The van der Waals surface area contributed by atoms with E-state index in [-0.39, 0.29) is 30.8 Å². The molecule has 1 unspecified atom stereocenters. The summed E-state index contributed by atoms with van der Waals surface area (Å²) in [6.07, 6.45) is 1.40. The molecule has 34 heavy (non-hydrogen) atoms. The van der Waals surface area contributed by atoms with Crippen molar-refractivity contribution in [2.75, 3.05) is 6.79 Å². The summed E-state index contributed by atoms with van der Waals surface area (Å²) in [6.45, 7) is 4.03. The van der Waals surface area contributed by atoms with Gasteiger partial charge in [-0.15, -0.1) is 0 Å². The first-order valence-electron chi connectivity index (χ1n) is 10.9. The van der Waals surface area contributed by atoms with Crippen molar-refractivity contribution < 1.29 is 33.3 Å². The number of benzene rings is 2. The van der Waals surface area contributed by atoms with E-state index >= 15 is 0 Å². The van der Waals surface area contributed by atoms with Crippen LogP contribution in [0.25, 0.3) is 5.76 Å². The molecule has 1 aromatic heterocycles. The van der Waals surface area contributed by atoms with E-state index in [0.717, 1.165) is 5.56 Å². The fraction of sp³-hybridized carbons (Fsp3) is 0.231. The number of Topliss-reactive ketones (excluding diaryl/α,β-unsaturated/α-hetero) is 1. The zero-order valence-electron chi connectivity index (χ0n) is 18.7. The van der Waals surface area contributed by atoms with E-state index in [1.54, 1.807) is 54.6 Å². The Morgan fingerprint density at radius 1 is 1.09 bits per heavy atom. The monoisotopic (exact) mass is 461 g/mol. The van der Waals surface area contributed by atoms with Gasteiger partial charge < -0.3 is 28.6 Å². The molecule has 1 saturated heterocycles. The van der Waals surface area contributed by atoms with Crippen molar-refractivity contribution in [2.24, 2.45) is 0 Å². The zero-order chi connectivity index (χ0) is 23.8. The second-order valence-electron chi connectivity index (χ2n) is 8.32. The van der Waals surface area contributed by atoms with Crippen molar-refractivity contribution in [1.29, 1.82) is 0 Å². The van der Waals surface area contributed by atoms with Crippen LogP contribution in [0.5, 0.6) is 17.2 Å². The second-order valence-corrected chi connectivity index (χ2v) is 8.32. The average Bonchev–Trinajstić information content (AvgIpc) is 3.55. The standard InChI is InChI=1S/C26H23NO7/c1-15(2)34-18-6-3-5-17(12-18)24(28)22-23(20-7-4-10-31-20)27(26(30)25(22)29)13-16-8-9-19-21(11-16)33-14-32-19/h3-12,15,23,28H,13-14H2,1-2H3/b24-22-. The number of likely N-dealkylation sites (tertiary alicyclic amines) is 1. The van der Waals surface area contributed by atoms with Crippen molar-refractivity contribution >= 4 is 17.4 Å². The highest BCUT2D eigenvalue weighted by atomic mass is 16.7. The van der Waals surface area contributed by atoms with Crippen molar-refractivity contribution in [3.8, 4) is 17.2 Å². The van der Waals surface area contributed by atoms with Crippen LogP contribution in [-0.4, -0.2) is 34.6 Å². The van der Waals surface area contributed by atoms with Gasteiger partial charge >= 0.3 is 0 Å². The zero-order valence-corrected chi connectivity index (χ0v) is 18.7. The number of nitrogens with zero attached hydrogens (tertiary/aromatic N) is 1. The summed E-state index contributed by atoms with van der Waals surface area (Å²) in [5.74, 6) is 0.314. The van der Waals surface area contributed by atoms with Crippen LogP contribution in [-0.2, 0) is 16.1 Å². The Hall–Kier alpha value is -4.20. The number of rotatable bonds is 6. The molecule has 174 valence electrons. The van der Waals surface area contributed by atoms with Gasteiger partial charge in [0.15, 0.2) is 11.5 Å². The summed E-state index contributed by atoms with van der Waals surface area (Å²) in [4.78, 5) is 27.7. The van der Waals surface area contributed by atoms with Crippen molar-refractivity contribution in [3.63, 3.8) is 0 Å². The lowest BCUT2D eigenvalue weighted by Crippen LogP contribution is -2.29. The molecule has 0 radical (unpaired) electrons. The highest BCUT2D eigenvalue weighted by Gasteiger charge is 2.47. The van der Waals surface area contributed by atoms with Gasteiger partial charge in [0.1, 0.15) is 23.3 Å². The third-order valence-corrected chi connectivity index (χ3v) is 5.62. The molecule has 3 heterocycles. The second kappa shape index (κ2) is 8.62. The molecule has 1 N–H and O–H groups in total. The topological polar surface area (TPSA) is 98.4 Å². The number of ketones is 1. The summed E-state index contributed by atoms with van der Waals surface area (Å²) in [6, 6.07) is 14.6. The van der Waals surface area contributed by atoms with Gasteiger partial charge in [-0.3, -0.25) is 9.59 Å². The number of carbonyl (C=O) groups is 2. The van der Waals surface area contributed by atoms with E-state index in [2.05, 4.69) is 0 Å². The van der Waals surface area contributed by atoms with E-state index in [0.29, 0.717) is 28.6 Å². The molecule has 8 nitrogen and oxygen atoms in total. The Bertz CT molecular complexity index is 1280. The summed E-state index contributed by atoms with van der Waals surface area (Å²) in [5, 5.41) is 11.2. The average molecular weight is 461 g/mol. The normalized spacial score (nSPS) is 18.7. The van der Waals surface area contributed by atoms with Gasteiger partial charge in [-0.05, 0) is 55.8 Å². The van der Waals surface area contributed by atoms with E-state index in [9.17, 15) is 14.7 Å². The number of carbonyl (C=O) groups excluding carboxylic acids is 2. The first-order valence-corrected chi connectivity index (χ1v) is 10.9. The van der Waals surface area contributed by atoms with Crippen LogP contribution in [0.2, 0.25) is 0 Å². The largest absolute Gasteiger partial charge is 0.507 e. The predicted molar refractivity (Wildman–Crippen MR) is 121 cm³/mol. The van der Waals surface area contributed by atoms with Gasteiger partial charge in [-0.25, -0.2) is 0 Å². The molecule has 1 atom stereocenters. The number of fused-ring (bicyclic) bond motifs is 1. The smallest absolute Gasteiger partial charge is 0.296 e. The lowest BCUT2D eigenvalue weighted by Gasteiger charge is -2.23. The number of ether oxygens (including phenoxy) is 3. The van der Waals surface area contributed by atoms with Crippen LogP contribution < -0.4 is 14.2 Å². The SMILES string of the molecule is CC(C)Oc1cccc(/C(O)=C2/C(=O)C(=O)N(Cc3ccc4c(c3)OCO4)C2c2ccco2)c1. The Morgan fingerprint density at radius 3 is 2.68 bits per heavy atom. The fourth-order valence-electron chi connectivity index (χ4n) is 4.17. The molecule has 3 aromatic rings. The Morgan fingerprint density at radius 2 is 1.91 bits per heavy atom. The Balaban J connectivity index is 1.56. The highest BCUT2D eigenvalue weighted by Crippen LogP contribution is 2.41. The maximum Gasteiger partial charge on any atom is 0.296 e. The number of aliphatic hydroxyl groups is 1. The summed E-state index contributed by atoms with van der Waals surface area (Å²) >= 11 is 0. The first-order chi connectivity index (χ1) is 16.4. The van der Waals surface area contributed by atoms with Crippen molar-refractivity contribution in [3.05, 3.63) is 83.3 Å². The maximum absolute atomic E-state index is 13.1.